The molecule has 2 N–H and O–H groups in total. The Kier molecular flexibility index (Phi) is 5.38. The van der Waals surface area contributed by atoms with Crippen LogP contribution in [-0.2, 0) is 4.74 Å². The lowest BCUT2D eigenvalue weighted by Gasteiger charge is -2.32. The molecule has 1 aliphatic rings. The maximum Gasteiger partial charge on any atom is 0.255 e. The van der Waals surface area contributed by atoms with Gasteiger partial charge in [-0.05, 0) is 25.0 Å². The Labute approximate surface area is 119 Å². The van der Waals surface area contributed by atoms with Crippen LogP contribution in [0, 0.1) is 0 Å². The average Bonchev–Trinajstić information content (AvgIpc) is 2.52. The molecule has 110 valence electrons. The molecule has 5 nitrogen and oxygen atoms in total. The summed E-state index contributed by atoms with van der Waals surface area (Å²) in [5, 5.41) is 11.8. The largest absolute Gasteiger partial charge is 0.394 e. The lowest BCUT2D eigenvalue weighted by atomic mass is 10.1. The predicted octanol–water partition coefficient (Wildman–Crippen LogP) is 1.34. The number of anilines is 1. The van der Waals surface area contributed by atoms with Gasteiger partial charge in [0.2, 0.25) is 0 Å². The van der Waals surface area contributed by atoms with E-state index in [0.29, 0.717) is 25.3 Å². The van der Waals surface area contributed by atoms with Crippen LogP contribution in [0.25, 0.3) is 0 Å². The number of ether oxygens (including phenoxy) is 1. The number of benzene rings is 1. The standard InChI is InChI=1S/C15H22N2O3/c1-16-14-5-3-2-4-13(14)15(19)17-8-6-12(7-9-17)20-11-10-18/h2-5,12,16,18H,6-11H2,1H3. The van der Waals surface area contributed by atoms with E-state index in [2.05, 4.69) is 5.32 Å². The summed E-state index contributed by atoms with van der Waals surface area (Å²) < 4.78 is 5.51. The van der Waals surface area contributed by atoms with Gasteiger partial charge in [-0.1, -0.05) is 12.1 Å². The number of carbonyl (C=O) groups excluding carboxylic acids is 1. The Balaban J connectivity index is 1.94. The Bertz CT molecular complexity index is 442. The van der Waals surface area contributed by atoms with Gasteiger partial charge in [0, 0.05) is 25.8 Å². The smallest absolute Gasteiger partial charge is 0.255 e. The van der Waals surface area contributed by atoms with Crippen LogP contribution in [0.5, 0.6) is 0 Å². The van der Waals surface area contributed by atoms with Crippen molar-refractivity contribution in [3.63, 3.8) is 0 Å². The van der Waals surface area contributed by atoms with Crippen LogP contribution in [-0.4, -0.2) is 55.4 Å². The number of aliphatic hydroxyl groups is 1. The molecular weight excluding hydrogens is 256 g/mol. The van der Waals surface area contributed by atoms with E-state index in [4.69, 9.17) is 9.84 Å². The molecule has 0 unspecified atom stereocenters. The first kappa shape index (κ1) is 14.8. The number of likely N-dealkylation sites (tertiary alicyclic amines) is 1. The maximum atomic E-state index is 12.5. The number of hydrogen-bond donors (Lipinski definition) is 2. The van der Waals surface area contributed by atoms with Crippen LogP contribution < -0.4 is 5.32 Å². The fourth-order valence-electron chi connectivity index (χ4n) is 2.50. The topological polar surface area (TPSA) is 61.8 Å². The molecule has 2 rings (SSSR count). The van der Waals surface area contributed by atoms with E-state index in [1.165, 1.54) is 0 Å². The van der Waals surface area contributed by atoms with Gasteiger partial charge < -0.3 is 20.1 Å². The van der Waals surface area contributed by atoms with Crippen LogP contribution >= 0.6 is 0 Å². The number of nitrogens with one attached hydrogen (secondary N) is 1. The highest BCUT2D eigenvalue weighted by molar-refractivity contribution is 5.99. The highest BCUT2D eigenvalue weighted by atomic mass is 16.5. The van der Waals surface area contributed by atoms with Gasteiger partial charge in [0.1, 0.15) is 0 Å². The first-order valence-corrected chi connectivity index (χ1v) is 7.04. The summed E-state index contributed by atoms with van der Waals surface area (Å²) in [6.07, 6.45) is 1.81. The number of rotatable bonds is 5. The average molecular weight is 278 g/mol. The maximum absolute atomic E-state index is 12.5. The summed E-state index contributed by atoms with van der Waals surface area (Å²) in [6.45, 7) is 1.83. The molecule has 1 aromatic rings. The second-order valence-electron chi connectivity index (χ2n) is 4.88. The summed E-state index contributed by atoms with van der Waals surface area (Å²) in [5.74, 6) is 0.0653. The van der Waals surface area contributed by atoms with Crippen molar-refractivity contribution in [2.45, 2.75) is 18.9 Å². The van der Waals surface area contributed by atoms with E-state index in [1.807, 2.05) is 36.2 Å². The van der Waals surface area contributed by atoms with Crippen LogP contribution in [0.4, 0.5) is 5.69 Å². The van der Waals surface area contributed by atoms with Gasteiger partial charge in [0.25, 0.3) is 5.91 Å². The van der Waals surface area contributed by atoms with Crippen molar-refractivity contribution in [3.05, 3.63) is 29.8 Å². The molecule has 0 aromatic heterocycles. The molecule has 1 saturated heterocycles. The number of aliphatic hydroxyl groups excluding tert-OH is 1. The number of amides is 1. The van der Waals surface area contributed by atoms with Crippen molar-refractivity contribution in [1.29, 1.82) is 0 Å². The van der Waals surface area contributed by atoms with E-state index in [-0.39, 0.29) is 18.6 Å². The summed E-state index contributed by atoms with van der Waals surface area (Å²) in [6, 6.07) is 7.55. The van der Waals surface area contributed by atoms with Crippen molar-refractivity contribution in [1.82, 2.24) is 4.90 Å². The van der Waals surface area contributed by atoms with E-state index in [1.54, 1.807) is 0 Å². The Morgan fingerprint density at radius 3 is 2.75 bits per heavy atom. The van der Waals surface area contributed by atoms with Crippen LogP contribution in [0.3, 0.4) is 0 Å². The zero-order chi connectivity index (χ0) is 14.4. The normalized spacial score (nSPS) is 16.2. The third-order valence-electron chi connectivity index (χ3n) is 3.60. The summed E-state index contributed by atoms with van der Waals surface area (Å²) in [5.41, 5.74) is 1.57. The molecule has 5 heteroatoms. The van der Waals surface area contributed by atoms with Crippen LogP contribution in [0.15, 0.2) is 24.3 Å². The van der Waals surface area contributed by atoms with E-state index in [0.717, 1.165) is 18.5 Å². The van der Waals surface area contributed by atoms with Gasteiger partial charge in [-0.3, -0.25) is 4.79 Å². The minimum absolute atomic E-state index is 0.0503. The molecule has 0 atom stereocenters. The van der Waals surface area contributed by atoms with Crippen LogP contribution in [0.1, 0.15) is 23.2 Å². The molecule has 20 heavy (non-hydrogen) atoms. The predicted molar refractivity (Wildman–Crippen MR) is 78.0 cm³/mol. The van der Waals surface area contributed by atoms with Crippen molar-refractivity contribution in [3.8, 4) is 0 Å². The summed E-state index contributed by atoms with van der Waals surface area (Å²) in [4.78, 5) is 14.4. The Morgan fingerprint density at radius 2 is 2.10 bits per heavy atom. The number of para-hydroxylation sites is 1. The van der Waals surface area contributed by atoms with Crippen molar-refractivity contribution < 1.29 is 14.6 Å². The third kappa shape index (κ3) is 3.49. The lowest BCUT2D eigenvalue weighted by molar-refractivity contribution is -0.00552. The van der Waals surface area contributed by atoms with Crippen molar-refractivity contribution in [2.75, 3.05) is 38.7 Å². The highest BCUT2D eigenvalue weighted by Gasteiger charge is 2.24. The van der Waals surface area contributed by atoms with Gasteiger partial charge in [0.05, 0.1) is 24.9 Å². The molecule has 1 heterocycles. The quantitative estimate of drug-likeness (QED) is 0.853. The molecule has 0 radical (unpaired) electrons. The molecule has 0 saturated carbocycles. The summed E-state index contributed by atoms with van der Waals surface area (Å²) in [7, 11) is 1.82. The van der Waals surface area contributed by atoms with Crippen molar-refractivity contribution in [2.24, 2.45) is 0 Å². The lowest BCUT2D eigenvalue weighted by Crippen LogP contribution is -2.41. The monoisotopic (exact) mass is 278 g/mol. The number of nitrogens with zero attached hydrogens (tertiary/aromatic N) is 1. The molecule has 0 aliphatic carbocycles. The van der Waals surface area contributed by atoms with Gasteiger partial charge in [-0.15, -0.1) is 0 Å². The minimum atomic E-state index is 0.0503. The summed E-state index contributed by atoms with van der Waals surface area (Å²) >= 11 is 0. The first-order chi connectivity index (χ1) is 9.76. The molecule has 1 amide bonds. The molecular formula is C15H22N2O3. The Hall–Kier alpha value is -1.59. The van der Waals surface area contributed by atoms with E-state index >= 15 is 0 Å². The fraction of sp³-hybridized carbons (Fsp3) is 0.533. The van der Waals surface area contributed by atoms with Crippen molar-refractivity contribution >= 4 is 11.6 Å². The minimum Gasteiger partial charge on any atom is -0.394 e. The highest BCUT2D eigenvalue weighted by Crippen LogP contribution is 2.20. The SMILES string of the molecule is CNc1ccccc1C(=O)N1CCC(OCCO)CC1. The first-order valence-electron chi connectivity index (χ1n) is 7.04. The molecule has 1 fully saturated rings. The zero-order valence-corrected chi connectivity index (χ0v) is 11.8. The van der Waals surface area contributed by atoms with Gasteiger partial charge in [0.15, 0.2) is 0 Å². The second-order valence-corrected chi connectivity index (χ2v) is 4.88. The Morgan fingerprint density at radius 1 is 1.40 bits per heavy atom. The van der Waals surface area contributed by atoms with Gasteiger partial charge >= 0.3 is 0 Å². The van der Waals surface area contributed by atoms with E-state index in [9.17, 15) is 4.79 Å². The molecule has 0 spiro atoms. The number of piperidine rings is 1. The fourth-order valence-corrected chi connectivity index (χ4v) is 2.50. The molecule has 0 bridgehead atoms. The van der Waals surface area contributed by atoms with Gasteiger partial charge in [-0.2, -0.15) is 0 Å². The van der Waals surface area contributed by atoms with Gasteiger partial charge in [-0.25, -0.2) is 0 Å². The molecule has 1 aliphatic heterocycles. The van der Waals surface area contributed by atoms with Crippen LogP contribution in [0.2, 0.25) is 0 Å². The zero-order valence-electron chi connectivity index (χ0n) is 11.8. The molecule has 1 aromatic carbocycles. The number of carbonyl (C=O) groups is 1. The number of hydrogen-bond acceptors (Lipinski definition) is 4. The van der Waals surface area contributed by atoms with E-state index < -0.39 is 0 Å². The second kappa shape index (κ2) is 7.26. The third-order valence-corrected chi connectivity index (χ3v) is 3.60.